The molecule has 0 unspecified atom stereocenters. The molecule has 0 atom stereocenters. The molecule has 0 spiro atoms. The molecule has 29 heavy (non-hydrogen) atoms. The molecular formula is C19H27N5O4S. The van der Waals surface area contributed by atoms with Crippen molar-refractivity contribution in [1.29, 1.82) is 5.26 Å². The minimum absolute atomic E-state index is 0.0324. The first kappa shape index (κ1) is 22.8. The van der Waals surface area contributed by atoms with Gasteiger partial charge in [0.2, 0.25) is 15.9 Å². The Hall–Kier alpha value is -2.48. The van der Waals surface area contributed by atoms with Crippen LogP contribution in [0.1, 0.15) is 23.2 Å². The van der Waals surface area contributed by atoms with Crippen LogP contribution < -0.4 is 4.72 Å². The number of benzene rings is 1. The van der Waals surface area contributed by atoms with E-state index in [0.717, 1.165) is 13.0 Å². The molecule has 158 valence electrons. The molecule has 2 rings (SSSR count). The molecule has 0 saturated carbocycles. The van der Waals surface area contributed by atoms with Crippen molar-refractivity contribution in [2.75, 3.05) is 53.4 Å². The average Bonchev–Trinajstić information content (AvgIpc) is 2.93. The van der Waals surface area contributed by atoms with Gasteiger partial charge in [-0.2, -0.15) is 5.26 Å². The highest BCUT2D eigenvalue weighted by molar-refractivity contribution is 7.89. The van der Waals surface area contributed by atoms with Gasteiger partial charge in [-0.3, -0.25) is 14.5 Å². The Morgan fingerprint density at radius 1 is 1.14 bits per heavy atom. The maximum atomic E-state index is 12.8. The van der Waals surface area contributed by atoms with Gasteiger partial charge in [-0.1, -0.05) is 0 Å². The van der Waals surface area contributed by atoms with Crippen molar-refractivity contribution in [1.82, 2.24) is 19.4 Å². The molecular weight excluding hydrogens is 394 g/mol. The number of carbonyl (C=O) groups excluding carboxylic acids is 2. The number of nitrogens with one attached hydrogen (secondary N) is 1. The maximum Gasteiger partial charge on any atom is 0.253 e. The summed E-state index contributed by atoms with van der Waals surface area (Å²) in [5.41, 5.74) is 0.416. The molecule has 1 fully saturated rings. The van der Waals surface area contributed by atoms with Gasteiger partial charge < -0.3 is 9.80 Å². The lowest BCUT2D eigenvalue weighted by atomic mass is 10.2. The van der Waals surface area contributed by atoms with E-state index in [0.29, 0.717) is 31.7 Å². The molecule has 9 nitrogen and oxygen atoms in total. The van der Waals surface area contributed by atoms with Crippen molar-refractivity contribution >= 4 is 21.8 Å². The van der Waals surface area contributed by atoms with Crippen molar-refractivity contribution in [3.63, 3.8) is 0 Å². The molecule has 0 bridgehead atoms. The zero-order valence-corrected chi connectivity index (χ0v) is 17.6. The number of nitrogens with zero attached hydrogens (tertiary/aromatic N) is 4. The van der Waals surface area contributed by atoms with Crippen LogP contribution in [0.25, 0.3) is 0 Å². The van der Waals surface area contributed by atoms with E-state index in [2.05, 4.69) is 4.72 Å². The second kappa shape index (κ2) is 10.3. The molecule has 0 radical (unpaired) electrons. The Morgan fingerprint density at radius 2 is 1.83 bits per heavy atom. The van der Waals surface area contributed by atoms with Gasteiger partial charge in [-0.15, -0.1) is 0 Å². The summed E-state index contributed by atoms with van der Waals surface area (Å²) in [4.78, 5) is 30.1. The molecule has 1 aromatic carbocycles. The molecule has 1 saturated heterocycles. The number of amides is 2. The fourth-order valence-corrected chi connectivity index (χ4v) is 3.98. The SMILES string of the molecule is CN(C)C(=O)CN1CCCN(C(=O)c2ccc(S(=O)(=O)NCCC#N)cc2)CC1. The van der Waals surface area contributed by atoms with E-state index in [1.165, 1.54) is 24.3 Å². The highest BCUT2D eigenvalue weighted by atomic mass is 32.2. The summed E-state index contributed by atoms with van der Waals surface area (Å²) < 4.78 is 26.7. The van der Waals surface area contributed by atoms with Gasteiger partial charge in [0.15, 0.2) is 0 Å². The summed E-state index contributed by atoms with van der Waals surface area (Å²) in [6, 6.07) is 7.65. The summed E-state index contributed by atoms with van der Waals surface area (Å²) in [6.45, 7) is 2.83. The molecule has 0 aromatic heterocycles. The van der Waals surface area contributed by atoms with E-state index in [1.54, 1.807) is 23.9 Å². The van der Waals surface area contributed by atoms with Crippen molar-refractivity contribution in [3.8, 4) is 6.07 Å². The van der Waals surface area contributed by atoms with E-state index in [-0.39, 0.29) is 29.7 Å². The van der Waals surface area contributed by atoms with Gasteiger partial charge in [0.1, 0.15) is 0 Å². The predicted octanol–water partition coefficient (Wildman–Crippen LogP) is 0.115. The largest absolute Gasteiger partial charge is 0.348 e. The van der Waals surface area contributed by atoms with Crippen LogP contribution in [0, 0.1) is 11.3 Å². The monoisotopic (exact) mass is 421 g/mol. The van der Waals surface area contributed by atoms with Crippen LogP contribution in [0.4, 0.5) is 0 Å². The molecule has 0 aliphatic carbocycles. The van der Waals surface area contributed by atoms with E-state index in [1.807, 2.05) is 11.0 Å². The number of hydrogen-bond donors (Lipinski definition) is 1. The van der Waals surface area contributed by atoms with Crippen molar-refractivity contribution in [2.24, 2.45) is 0 Å². The lowest BCUT2D eigenvalue weighted by molar-refractivity contribution is -0.129. The number of likely N-dealkylation sites (N-methyl/N-ethyl adjacent to an activating group) is 1. The van der Waals surface area contributed by atoms with Crippen LogP contribution in [0.3, 0.4) is 0 Å². The highest BCUT2D eigenvalue weighted by Crippen LogP contribution is 2.14. The molecule has 2 amide bonds. The molecule has 1 aliphatic heterocycles. The Bertz CT molecular complexity index is 862. The number of rotatable bonds is 7. The van der Waals surface area contributed by atoms with Crippen LogP contribution >= 0.6 is 0 Å². The normalized spacial score (nSPS) is 15.4. The van der Waals surface area contributed by atoms with Gasteiger partial charge in [0.25, 0.3) is 5.91 Å². The Kier molecular flexibility index (Phi) is 8.13. The third-order valence-electron chi connectivity index (χ3n) is 4.67. The van der Waals surface area contributed by atoms with Crippen molar-refractivity contribution in [3.05, 3.63) is 29.8 Å². The topological polar surface area (TPSA) is 114 Å². The molecule has 10 heteroatoms. The minimum Gasteiger partial charge on any atom is -0.348 e. The second-order valence-electron chi connectivity index (χ2n) is 7.04. The van der Waals surface area contributed by atoms with Crippen LogP contribution in [-0.2, 0) is 14.8 Å². The number of sulfonamides is 1. The first-order chi connectivity index (χ1) is 13.7. The summed E-state index contributed by atoms with van der Waals surface area (Å²) in [7, 11) is -0.258. The average molecular weight is 422 g/mol. The second-order valence-corrected chi connectivity index (χ2v) is 8.81. The lowest BCUT2D eigenvalue weighted by Crippen LogP contribution is -2.39. The van der Waals surface area contributed by atoms with Crippen molar-refractivity contribution in [2.45, 2.75) is 17.7 Å². The third-order valence-corrected chi connectivity index (χ3v) is 6.15. The zero-order chi connectivity index (χ0) is 21.4. The van der Waals surface area contributed by atoms with Crippen LogP contribution in [0.2, 0.25) is 0 Å². The summed E-state index contributed by atoms with van der Waals surface area (Å²) in [5, 5.41) is 8.51. The predicted molar refractivity (Wildman–Crippen MR) is 108 cm³/mol. The smallest absolute Gasteiger partial charge is 0.253 e. The van der Waals surface area contributed by atoms with Gasteiger partial charge in [-0.05, 0) is 30.7 Å². The zero-order valence-electron chi connectivity index (χ0n) is 16.8. The van der Waals surface area contributed by atoms with E-state index < -0.39 is 10.0 Å². The van der Waals surface area contributed by atoms with E-state index in [9.17, 15) is 18.0 Å². The molecule has 1 aliphatic rings. The molecule has 1 N–H and O–H groups in total. The van der Waals surface area contributed by atoms with Crippen LogP contribution in [0.15, 0.2) is 29.2 Å². The summed E-state index contributed by atoms with van der Waals surface area (Å²) >= 11 is 0. The summed E-state index contributed by atoms with van der Waals surface area (Å²) in [6.07, 6.45) is 0.851. The van der Waals surface area contributed by atoms with Crippen molar-refractivity contribution < 1.29 is 18.0 Å². The first-order valence-corrected chi connectivity index (χ1v) is 10.9. The van der Waals surface area contributed by atoms with E-state index in [4.69, 9.17) is 5.26 Å². The number of carbonyl (C=O) groups is 2. The highest BCUT2D eigenvalue weighted by Gasteiger charge is 2.22. The molecule has 1 aromatic rings. The number of nitriles is 1. The van der Waals surface area contributed by atoms with Gasteiger partial charge in [0.05, 0.1) is 17.5 Å². The Balaban J connectivity index is 1.98. The Labute approximate surface area is 171 Å². The third kappa shape index (κ3) is 6.52. The first-order valence-electron chi connectivity index (χ1n) is 9.43. The summed E-state index contributed by atoms with van der Waals surface area (Å²) in [5.74, 6) is -0.128. The van der Waals surface area contributed by atoms with Gasteiger partial charge >= 0.3 is 0 Å². The van der Waals surface area contributed by atoms with Crippen LogP contribution in [0.5, 0.6) is 0 Å². The molecule has 1 heterocycles. The van der Waals surface area contributed by atoms with Gasteiger partial charge in [-0.25, -0.2) is 13.1 Å². The maximum absolute atomic E-state index is 12.8. The quantitative estimate of drug-likeness (QED) is 0.626. The van der Waals surface area contributed by atoms with Crippen LogP contribution in [-0.4, -0.2) is 88.3 Å². The number of hydrogen-bond acceptors (Lipinski definition) is 6. The Morgan fingerprint density at radius 3 is 2.45 bits per heavy atom. The standard InChI is InChI=1S/C19H27N5O4S/c1-22(2)18(25)15-23-11-4-12-24(14-13-23)19(26)16-5-7-17(8-6-16)29(27,28)21-10-3-9-20/h5-8,21H,3-4,10-15H2,1-2H3. The van der Waals surface area contributed by atoms with Gasteiger partial charge in [0, 0.05) is 58.8 Å². The lowest BCUT2D eigenvalue weighted by Gasteiger charge is -2.23. The fraction of sp³-hybridized carbons (Fsp3) is 0.526. The fourth-order valence-electron chi connectivity index (χ4n) is 2.95. The van der Waals surface area contributed by atoms with E-state index >= 15 is 0 Å². The minimum atomic E-state index is -3.70.